The molecule has 0 aliphatic rings. The topological polar surface area (TPSA) is 44.5 Å². The predicted octanol–water partition coefficient (Wildman–Crippen LogP) is 2.70. The molecule has 0 amide bonds. The number of hydrogen-bond acceptors (Lipinski definition) is 2. The number of hydrogen-bond donors (Lipinski definition) is 2. The minimum absolute atomic E-state index is 0.677. The van der Waals surface area contributed by atoms with E-state index in [4.69, 9.17) is 12.2 Å². The van der Waals surface area contributed by atoms with Gasteiger partial charge >= 0.3 is 0 Å². The lowest BCUT2D eigenvalue weighted by Crippen LogP contribution is -1.95. The highest BCUT2D eigenvalue weighted by Crippen LogP contribution is 2.19. The van der Waals surface area contributed by atoms with Crippen LogP contribution >= 0.6 is 12.2 Å². The van der Waals surface area contributed by atoms with Crippen LogP contribution in [0.5, 0.6) is 0 Å². The molecule has 0 saturated carbocycles. The van der Waals surface area contributed by atoms with Crippen molar-refractivity contribution in [3.05, 3.63) is 34.9 Å². The minimum atomic E-state index is 0.677. The average Bonchev–Trinajstić information content (AvgIpc) is 2.70. The van der Waals surface area contributed by atoms with E-state index < -0.39 is 0 Å². The van der Waals surface area contributed by atoms with Crippen LogP contribution in [0.15, 0.2) is 24.7 Å². The van der Waals surface area contributed by atoms with E-state index in [0.717, 1.165) is 23.4 Å². The molecule has 0 bridgehead atoms. The molecule has 0 aliphatic carbocycles. The normalized spacial score (nSPS) is 10.4. The molecule has 0 aliphatic heterocycles. The third-order valence-electron chi connectivity index (χ3n) is 2.17. The smallest absolute Gasteiger partial charge is 0.133 e. The van der Waals surface area contributed by atoms with Crippen LogP contribution < -0.4 is 0 Å². The zero-order valence-corrected chi connectivity index (χ0v) is 8.69. The second-order valence-electron chi connectivity index (χ2n) is 3.00. The van der Waals surface area contributed by atoms with Crippen molar-refractivity contribution in [3.8, 4) is 11.4 Å². The highest BCUT2D eigenvalue weighted by Gasteiger charge is 2.05. The molecule has 4 heteroatoms. The van der Waals surface area contributed by atoms with Gasteiger partial charge in [-0.1, -0.05) is 19.1 Å². The molecule has 2 N–H and O–H groups in total. The van der Waals surface area contributed by atoms with Gasteiger partial charge < -0.3 is 9.97 Å². The highest BCUT2D eigenvalue weighted by molar-refractivity contribution is 7.71. The summed E-state index contributed by atoms with van der Waals surface area (Å²) in [6, 6.07) is 3.98. The maximum absolute atomic E-state index is 5.17. The Labute approximate surface area is 87.2 Å². The van der Waals surface area contributed by atoms with Gasteiger partial charge in [0.25, 0.3) is 0 Å². The first kappa shape index (κ1) is 9.15. The zero-order valence-electron chi connectivity index (χ0n) is 7.87. The first-order chi connectivity index (χ1) is 6.83. The summed E-state index contributed by atoms with van der Waals surface area (Å²) in [6.07, 6.45) is 4.42. The molecule has 2 aromatic heterocycles. The monoisotopic (exact) mass is 205 g/mol. The summed E-state index contributed by atoms with van der Waals surface area (Å²) in [5.74, 6) is 0. The van der Waals surface area contributed by atoms with Crippen LogP contribution in [0.1, 0.15) is 12.5 Å². The number of nitrogens with zero attached hydrogens (tertiary/aromatic N) is 1. The third-order valence-corrected chi connectivity index (χ3v) is 2.52. The summed E-state index contributed by atoms with van der Waals surface area (Å²) in [5.41, 5.74) is 3.18. The Morgan fingerprint density at radius 1 is 1.43 bits per heavy atom. The fourth-order valence-electron chi connectivity index (χ4n) is 1.48. The van der Waals surface area contributed by atoms with Gasteiger partial charge in [0.15, 0.2) is 0 Å². The van der Waals surface area contributed by atoms with Crippen LogP contribution in [0, 0.1) is 4.64 Å². The predicted molar refractivity (Wildman–Crippen MR) is 58.6 cm³/mol. The Morgan fingerprint density at radius 2 is 2.29 bits per heavy atom. The molecule has 2 heterocycles. The molecule has 2 aromatic rings. The Morgan fingerprint density at radius 3 is 2.93 bits per heavy atom. The maximum Gasteiger partial charge on any atom is 0.133 e. The van der Waals surface area contributed by atoms with Crippen molar-refractivity contribution in [2.24, 2.45) is 0 Å². The van der Waals surface area contributed by atoms with E-state index in [0.29, 0.717) is 4.64 Å². The summed E-state index contributed by atoms with van der Waals surface area (Å²) in [4.78, 5) is 10.3. The van der Waals surface area contributed by atoms with Crippen molar-refractivity contribution in [3.63, 3.8) is 0 Å². The summed E-state index contributed by atoms with van der Waals surface area (Å²) < 4.78 is 0.677. The number of H-pyrrole nitrogens is 2. The lowest BCUT2D eigenvalue weighted by Gasteiger charge is -2.04. The standard InChI is InChI=1S/C10H11N3S/c1-2-7-9(8-4-3-5-11-8)12-6-13-10(7)14/h3-6,11H,2H2,1H3,(H,12,13,14). The fourth-order valence-corrected chi connectivity index (χ4v) is 1.78. The van der Waals surface area contributed by atoms with Gasteiger partial charge in [-0.3, -0.25) is 0 Å². The number of rotatable bonds is 2. The van der Waals surface area contributed by atoms with Gasteiger partial charge in [-0.2, -0.15) is 0 Å². The first-order valence-electron chi connectivity index (χ1n) is 4.53. The second-order valence-corrected chi connectivity index (χ2v) is 3.39. The number of aromatic amines is 2. The molecule has 0 fully saturated rings. The van der Waals surface area contributed by atoms with Crippen LogP contribution in [-0.2, 0) is 6.42 Å². The Kier molecular flexibility index (Phi) is 2.45. The second kappa shape index (κ2) is 3.75. The summed E-state index contributed by atoms with van der Waals surface area (Å²) in [7, 11) is 0. The Hall–Kier alpha value is -1.42. The Balaban J connectivity index is 2.64. The van der Waals surface area contributed by atoms with E-state index in [1.807, 2.05) is 18.3 Å². The molecule has 0 aromatic carbocycles. The van der Waals surface area contributed by atoms with Crippen LogP contribution in [0.3, 0.4) is 0 Å². The van der Waals surface area contributed by atoms with E-state index in [1.54, 1.807) is 6.33 Å². The SMILES string of the molecule is CCc1c(-c2ccc[nH]2)[nH]cnc1=S. The van der Waals surface area contributed by atoms with Crippen LogP contribution in [-0.4, -0.2) is 15.0 Å². The number of aromatic nitrogens is 3. The molecule has 0 radical (unpaired) electrons. The van der Waals surface area contributed by atoms with E-state index in [1.165, 1.54) is 0 Å². The molecule has 2 rings (SSSR count). The third kappa shape index (κ3) is 1.48. The lowest BCUT2D eigenvalue weighted by molar-refractivity contribution is 1.03. The summed E-state index contributed by atoms with van der Waals surface area (Å²) in [6.45, 7) is 2.08. The molecule has 0 saturated heterocycles. The van der Waals surface area contributed by atoms with Crippen molar-refractivity contribution in [1.29, 1.82) is 0 Å². The van der Waals surface area contributed by atoms with Gasteiger partial charge in [0, 0.05) is 11.8 Å². The molecule has 0 spiro atoms. The van der Waals surface area contributed by atoms with Gasteiger partial charge in [0.2, 0.25) is 0 Å². The van der Waals surface area contributed by atoms with Gasteiger partial charge in [-0.25, -0.2) is 4.98 Å². The maximum atomic E-state index is 5.17. The number of nitrogens with one attached hydrogen (secondary N) is 2. The molecule has 72 valence electrons. The van der Waals surface area contributed by atoms with Gasteiger partial charge in [0.05, 0.1) is 17.7 Å². The van der Waals surface area contributed by atoms with Crippen molar-refractivity contribution in [2.45, 2.75) is 13.3 Å². The van der Waals surface area contributed by atoms with Crippen LogP contribution in [0.25, 0.3) is 11.4 Å². The first-order valence-corrected chi connectivity index (χ1v) is 4.94. The van der Waals surface area contributed by atoms with Crippen LogP contribution in [0.4, 0.5) is 0 Å². The fraction of sp³-hybridized carbons (Fsp3) is 0.200. The molecular formula is C10H11N3S. The van der Waals surface area contributed by atoms with E-state index in [2.05, 4.69) is 21.9 Å². The van der Waals surface area contributed by atoms with E-state index in [9.17, 15) is 0 Å². The molecule has 0 unspecified atom stereocenters. The molecule has 0 atom stereocenters. The quantitative estimate of drug-likeness (QED) is 0.740. The van der Waals surface area contributed by atoms with Crippen molar-refractivity contribution in [1.82, 2.24) is 15.0 Å². The average molecular weight is 205 g/mol. The zero-order chi connectivity index (χ0) is 9.97. The molecule has 3 nitrogen and oxygen atoms in total. The highest BCUT2D eigenvalue weighted by atomic mass is 32.1. The molecule has 14 heavy (non-hydrogen) atoms. The molecular weight excluding hydrogens is 194 g/mol. The van der Waals surface area contributed by atoms with Gasteiger partial charge in [0.1, 0.15) is 4.64 Å². The van der Waals surface area contributed by atoms with Crippen molar-refractivity contribution >= 4 is 12.2 Å². The van der Waals surface area contributed by atoms with Crippen molar-refractivity contribution in [2.75, 3.05) is 0 Å². The van der Waals surface area contributed by atoms with Gasteiger partial charge in [-0.05, 0) is 18.6 Å². The minimum Gasteiger partial charge on any atom is -0.360 e. The van der Waals surface area contributed by atoms with Gasteiger partial charge in [-0.15, -0.1) is 0 Å². The largest absolute Gasteiger partial charge is 0.360 e. The van der Waals surface area contributed by atoms with E-state index >= 15 is 0 Å². The Bertz CT molecular complexity index is 470. The summed E-state index contributed by atoms with van der Waals surface area (Å²) in [5, 5.41) is 0. The summed E-state index contributed by atoms with van der Waals surface area (Å²) >= 11 is 5.17. The lowest BCUT2D eigenvalue weighted by atomic mass is 10.1. The van der Waals surface area contributed by atoms with Crippen molar-refractivity contribution < 1.29 is 0 Å². The van der Waals surface area contributed by atoms with Crippen LogP contribution in [0.2, 0.25) is 0 Å². The van der Waals surface area contributed by atoms with E-state index in [-0.39, 0.29) is 0 Å².